The van der Waals surface area contributed by atoms with Crippen molar-refractivity contribution in [2.75, 3.05) is 24.3 Å². The van der Waals surface area contributed by atoms with Crippen molar-refractivity contribution < 1.29 is 9.84 Å². The van der Waals surface area contributed by atoms with Crippen molar-refractivity contribution in [3.05, 3.63) is 18.2 Å². The molecule has 4 N–H and O–H groups in total. The number of hydrogen-bond donors (Lipinski definition) is 3. The minimum atomic E-state index is 0.0197. The van der Waals surface area contributed by atoms with Crippen LogP contribution in [0.1, 0.15) is 20.8 Å². The third-order valence-corrected chi connectivity index (χ3v) is 2.59. The molecule has 96 valence electrons. The summed E-state index contributed by atoms with van der Waals surface area (Å²) < 4.78 is 5.42. The molecule has 1 aromatic carbocycles. The van der Waals surface area contributed by atoms with Gasteiger partial charge in [-0.05, 0) is 18.9 Å². The van der Waals surface area contributed by atoms with Gasteiger partial charge in [-0.1, -0.05) is 13.8 Å². The largest absolute Gasteiger partial charge is 0.494 e. The second-order valence-electron chi connectivity index (χ2n) is 4.40. The monoisotopic (exact) mass is 238 g/mol. The smallest absolute Gasteiger partial charge is 0.123 e. The van der Waals surface area contributed by atoms with Crippen LogP contribution in [0.5, 0.6) is 5.75 Å². The summed E-state index contributed by atoms with van der Waals surface area (Å²) in [5, 5.41) is 12.5. The zero-order valence-corrected chi connectivity index (χ0v) is 10.7. The van der Waals surface area contributed by atoms with E-state index in [-0.39, 0.29) is 12.6 Å². The standard InChI is InChI=1S/C13H22N2O2/c1-4-17-12-6-10(14)5-11(7-12)15-13(8-16)9(2)3/h5-7,9,13,15-16H,4,8,14H2,1-3H3/t13-/m1/s1. The number of anilines is 2. The van der Waals surface area contributed by atoms with Gasteiger partial charge in [-0.15, -0.1) is 0 Å². The van der Waals surface area contributed by atoms with Crippen molar-refractivity contribution in [2.45, 2.75) is 26.8 Å². The molecule has 0 bridgehead atoms. The van der Waals surface area contributed by atoms with Crippen molar-refractivity contribution in [3.63, 3.8) is 0 Å². The van der Waals surface area contributed by atoms with Crippen molar-refractivity contribution in [1.82, 2.24) is 0 Å². The van der Waals surface area contributed by atoms with Crippen LogP contribution in [0.4, 0.5) is 11.4 Å². The Labute approximate surface area is 103 Å². The topological polar surface area (TPSA) is 67.5 Å². The quantitative estimate of drug-likeness (QED) is 0.664. The van der Waals surface area contributed by atoms with Crippen LogP contribution in [-0.4, -0.2) is 24.4 Å². The highest BCUT2D eigenvalue weighted by atomic mass is 16.5. The van der Waals surface area contributed by atoms with Gasteiger partial charge in [0.05, 0.1) is 19.3 Å². The molecule has 0 saturated carbocycles. The number of nitrogen functional groups attached to an aromatic ring is 1. The van der Waals surface area contributed by atoms with Crippen LogP contribution >= 0.6 is 0 Å². The molecular formula is C13H22N2O2. The normalized spacial score (nSPS) is 12.5. The highest BCUT2D eigenvalue weighted by molar-refractivity contribution is 5.59. The van der Waals surface area contributed by atoms with E-state index in [0.29, 0.717) is 18.2 Å². The highest BCUT2D eigenvalue weighted by Gasteiger charge is 2.12. The van der Waals surface area contributed by atoms with E-state index >= 15 is 0 Å². The van der Waals surface area contributed by atoms with Gasteiger partial charge in [-0.25, -0.2) is 0 Å². The number of hydrogen-bond acceptors (Lipinski definition) is 4. The predicted octanol–water partition coefficient (Wildman–Crippen LogP) is 2.10. The number of benzene rings is 1. The Kier molecular flexibility index (Phi) is 5.10. The lowest BCUT2D eigenvalue weighted by Gasteiger charge is -2.21. The van der Waals surface area contributed by atoms with Gasteiger partial charge < -0.3 is 20.9 Å². The molecule has 0 radical (unpaired) electrons. The van der Waals surface area contributed by atoms with Gasteiger partial charge in [0.2, 0.25) is 0 Å². The van der Waals surface area contributed by atoms with Crippen LogP contribution in [-0.2, 0) is 0 Å². The fourth-order valence-corrected chi connectivity index (χ4v) is 1.59. The van der Waals surface area contributed by atoms with Gasteiger partial charge in [0.15, 0.2) is 0 Å². The van der Waals surface area contributed by atoms with Crippen molar-refractivity contribution in [2.24, 2.45) is 5.92 Å². The average Bonchev–Trinajstić information content (AvgIpc) is 2.25. The van der Waals surface area contributed by atoms with Crippen LogP contribution in [0.15, 0.2) is 18.2 Å². The molecule has 0 saturated heterocycles. The van der Waals surface area contributed by atoms with E-state index in [1.165, 1.54) is 0 Å². The second kappa shape index (κ2) is 6.35. The summed E-state index contributed by atoms with van der Waals surface area (Å²) in [6.45, 7) is 6.75. The SMILES string of the molecule is CCOc1cc(N)cc(N[C@H](CO)C(C)C)c1. The van der Waals surface area contributed by atoms with Crippen molar-refractivity contribution in [3.8, 4) is 5.75 Å². The Hall–Kier alpha value is -1.42. The summed E-state index contributed by atoms with van der Waals surface area (Å²) in [5.74, 6) is 1.09. The summed E-state index contributed by atoms with van der Waals surface area (Å²) in [6, 6.07) is 5.54. The average molecular weight is 238 g/mol. The van der Waals surface area contributed by atoms with E-state index in [2.05, 4.69) is 19.2 Å². The molecule has 4 heteroatoms. The van der Waals surface area contributed by atoms with E-state index in [9.17, 15) is 5.11 Å². The van der Waals surface area contributed by atoms with Gasteiger partial charge >= 0.3 is 0 Å². The first-order valence-electron chi connectivity index (χ1n) is 5.97. The zero-order valence-electron chi connectivity index (χ0n) is 10.7. The first-order valence-corrected chi connectivity index (χ1v) is 5.97. The molecule has 1 rings (SSSR count). The number of ether oxygens (including phenoxy) is 1. The van der Waals surface area contributed by atoms with E-state index in [1.807, 2.05) is 19.1 Å². The summed E-state index contributed by atoms with van der Waals surface area (Å²) in [6.07, 6.45) is 0. The minimum absolute atomic E-state index is 0.0197. The van der Waals surface area contributed by atoms with Gasteiger partial charge in [-0.3, -0.25) is 0 Å². The fraction of sp³-hybridized carbons (Fsp3) is 0.538. The Morgan fingerprint density at radius 3 is 2.59 bits per heavy atom. The van der Waals surface area contributed by atoms with Crippen molar-refractivity contribution in [1.29, 1.82) is 0 Å². The Balaban J connectivity index is 2.82. The lowest BCUT2D eigenvalue weighted by Crippen LogP contribution is -2.29. The molecule has 0 amide bonds. The van der Waals surface area contributed by atoms with Crippen molar-refractivity contribution >= 4 is 11.4 Å². The molecule has 0 fully saturated rings. The molecule has 0 aliphatic carbocycles. The Morgan fingerprint density at radius 2 is 2.06 bits per heavy atom. The molecule has 17 heavy (non-hydrogen) atoms. The summed E-state index contributed by atoms with van der Waals surface area (Å²) in [5.41, 5.74) is 7.33. The molecule has 0 unspecified atom stereocenters. The highest BCUT2D eigenvalue weighted by Crippen LogP contribution is 2.24. The van der Waals surface area contributed by atoms with Gasteiger partial charge in [0, 0.05) is 23.5 Å². The maximum atomic E-state index is 9.27. The Morgan fingerprint density at radius 1 is 1.35 bits per heavy atom. The van der Waals surface area contributed by atoms with Crippen LogP contribution in [0, 0.1) is 5.92 Å². The molecule has 0 aromatic heterocycles. The van der Waals surface area contributed by atoms with Crippen LogP contribution in [0.2, 0.25) is 0 Å². The van der Waals surface area contributed by atoms with E-state index in [0.717, 1.165) is 11.4 Å². The molecule has 0 aliphatic rings. The Bertz CT molecular complexity index is 353. The summed E-state index contributed by atoms with van der Waals surface area (Å²) in [4.78, 5) is 0. The van der Waals surface area contributed by atoms with Gasteiger partial charge in [0.1, 0.15) is 5.75 Å². The third-order valence-electron chi connectivity index (χ3n) is 2.59. The molecule has 1 atom stereocenters. The molecule has 0 aliphatic heterocycles. The lowest BCUT2D eigenvalue weighted by molar-refractivity contribution is 0.249. The second-order valence-corrected chi connectivity index (χ2v) is 4.40. The van der Waals surface area contributed by atoms with Gasteiger partial charge in [0.25, 0.3) is 0 Å². The number of nitrogens with two attached hydrogens (primary N) is 1. The molecular weight excluding hydrogens is 216 g/mol. The molecule has 1 aromatic rings. The maximum Gasteiger partial charge on any atom is 0.123 e. The molecule has 0 heterocycles. The third kappa shape index (κ3) is 4.15. The number of rotatable bonds is 6. The predicted molar refractivity (Wildman–Crippen MR) is 71.4 cm³/mol. The number of nitrogens with one attached hydrogen (secondary N) is 1. The first kappa shape index (κ1) is 13.6. The minimum Gasteiger partial charge on any atom is -0.494 e. The zero-order chi connectivity index (χ0) is 12.8. The first-order chi connectivity index (χ1) is 8.06. The van der Waals surface area contributed by atoms with E-state index < -0.39 is 0 Å². The molecule has 4 nitrogen and oxygen atoms in total. The summed E-state index contributed by atoms with van der Waals surface area (Å²) >= 11 is 0. The van der Waals surface area contributed by atoms with Gasteiger partial charge in [-0.2, -0.15) is 0 Å². The van der Waals surface area contributed by atoms with Crippen LogP contribution in [0.25, 0.3) is 0 Å². The number of aliphatic hydroxyl groups excluding tert-OH is 1. The van der Waals surface area contributed by atoms with E-state index in [1.54, 1.807) is 6.07 Å². The fourth-order valence-electron chi connectivity index (χ4n) is 1.59. The van der Waals surface area contributed by atoms with E-state index in [4.69, 9.17) is 10.5 Å². The molecule has 0 spiro atoms. The lowest BCUT2D eigenvalue weighted by atomic mass is 10.1. The maximum absolute atomic E-state index is 9.27. The summed E-state index contributed by atoms with van der Waals surface area (Å²) in [7, 11) is 0. The van der Waals surface area contributed by atoms with Crippen LogP contribution < -0.4 is 15.8 Å². The van der Waals surface area contributed by atoms with Crippen LogP contribution in [0.3, 0.4) is 0 Å². The number of aliphatic hydroxyl groups is 1.